The van der Waals surface area contributed by atoms with E-state index in [0.717, 1.165) is 19.3 Å². The highest BCUT2D eigenvalue weighted by atomic mass is 35.5. The van der Waals surface area contributed by atoms with E-state index >= 15 is 0 Å². The molecule has 1 aliphatic rings. The first-order valence-electron chi connectivity index (χ1n) is 9.13. The van der Waals surface area contributed by atoms with Gasteiger partial charge in [0.15, 0.2) is 0 Å². The number of anilines is 1. The monoisotopic (exact) mass is 455 g/mol. The van der Waals surface area contributed by atoms with Gasteiger partial charge in [-0.05, 0) is 61.7 Å². The third kappa shape index (κ3) is 5.29. The molecule has 2 aromatic carbocycles. The molecule has 2 N–H and O–H groups in total. The van der Waals surface area contributed by atoms with Gasteiger partial charge in [0.2, 0.25) is 0 Å². The van der Waals surface area contributed by atoms with Crippen LogP contribution in [0.15, 0.2) is 57.2 Å². The molecule has 0 radical (unpaired) electrons. The van der Waals surface area contributed by atoms with Crippen LogP contribution >= 0.6 is 11.6 Å². The number of aliphatic imine (C=N–C) groups is 1. The lowest BCUT2D eigenvalue weighted by Crippen LogP contribution is -2.30. The standard InChI is InChI=1S/C19H22ClN3O4S2/c1-14-17(20)6-5-7-18(14)29(26,27)22-15-9-11-16(12-10-15)28(24,25)23-19-8-3-2-4-13-21-19/h5-7,9-12,22H,2-4,8,13H2,1H3,(H,21,23). The Balaban J connectivity index is 1.77. The van der Waals surface area contributed by atoms with Crippen LogP contribution in [0.25, 0.3) is 0 Å². The third-order valence-corrected chi connectivity index (χ3v) is 7.88. The summed E-state index contributed by atoms with van der Waals surface area (Å²) in [5.74, 6) is 0.462. The molecule has 0 amide bonds. The van der Waals surface area contributed by atoms with Crippen molar-refractivity contribution in [3.05, 3.63) is 53.1 Å². The van der Waals surface area contributed by atoms with E-state index in [1.807, 2.05) is 0 Å². The Kier molecular flexibility index (Phi) is 6.50. The maximum absolute atomic E-state index is 12.6. The molecule has 2 aromatic rings. The summed E-state index contributed by atoms with van der Waals surface area (Å²) in [6.07, 6.45) is 3.46. The molecular formula is C19H22ClN3O4S2. The smallest absolute Gasteiger partial charge is 0.262 e. The molecule has 0 aliphatic carbocycles. The van der Waals surface area contributed by atoms with Gasteiger partial charge in [-0.2, -0.15) is 0 Å². The van der Waals surface area contributed by atoms with Crippen molar-refractivity contribution in [2.24, 2.45) is 4.99 Å². The number of hydrogen-bond donors (Lipinski definition) is 2. The molecule has 29 heavy (non-hydrogen) atoms. The fraction of sp³-hybridized carbons (Fsp3) is 0.316. The summed E-state index contributed by atoms with van der Waals surface area (Å²) >= 11 is 6.01. The number of nitrogens with one attached hydrogen (secondary N) is 2. The third-order valence-electron chi connectivity index (χ3n) is 4.55. The van der Waals surface area contributed by atoms with E-state index in [1.165, 1.54) is 30.3 Å². The molecule has 0 saturated carbocycles. The summed E-state index contributed by atoms with van der Waals surface area (Å²) in [5.41, 5.74) is 0.685. The predicted molar refractivity (Wildman–Crippen MR) is 115 cm³/mol. The topological polar surface area (TPSA) is 105 Å². The molecule has 0 atom stereocenters. The molecule has 0 bridgehead atoms. The molecule has 1 heterocycles. The second kappa shape index (κ2) is 8.73. The lowest BCUT2D eigenvalue weighted by atomic mass is 10.2. The summed E-state index contributed by atoms with van der Waals surface area (Å²) in [5, 5.41) is 0.349. The van der Waals surface area contributed by atoms with Gasteiger partial charge in [-0.15, -0.1) is 0 Å². The summed E-state index contributed by atoms with van der Waals surface area (Å²) < 4.78 is 55.4. The largest absolute Gasteiger partial charge is 0.280 e. The lowest BCUT2D eigenvalue weighted by Gasteiger charge is -2.12. The SMILES string of the molecule is Cc1c(Cl)cccc1S(=O)(=O)Nc1ccc(S(=O)(=O)NC2=NCCCCC2)cc1. The van der Waals surface area contributed by atoms with E-state index in [2.05, 4.69) is 14.4 Å². The van der Waals surface area contributed by atoms with Crippen LogP contribution in [0.2, 0.25) is 5.02 Å². The minimum atomic E-state index is -3.86. The van der Waals surface area contributed by atoms with E-state index in [1.54, 1.807) is 19.1 Å². The van der Waals surface area contributed by atoms with E-state index in [4.69, 9.17) is 11.6 Å². The average Bonchev–Trinajstić information content (AvgIpc) is 2.92. The normalized spacial score (nSPS) is 15.3. The summed E-state index contributed by atoms with van der Waals surface area (Å²) in [6.45, 7) is 2.23. The highest BCUT2D eigenvalue weighted by Gasteiger charge is 2.20. The van der Waals surface area contributed by atoms with Gasteiger partial charge in [-0.25, -0.2) is 16.8 Å². The fourth-order valence-corrected chi connectivity index (χ4v) is 5.61. The van der Waals surface area contributed by atoms with Crippen molar-refractivity contribution in [1.29, 1.82) is 0 Å². The van der Waals surface area contributed by atoms with Gasteiger partial charge < -0.3 is 0 Å². The molecule has 156 valence electrons. The zero-order valence-corrected chi connectivity index (χ0v) is 18.2. The minimum Gasteiger partial charge on any atom is -0.280 e. The minimum absolute atomic E-state index is 0.0336. The second-order valence-corrected chi connectivity index (χ2v) is 10.5. The van der Waals surface area contributed by atoms with Crippen LogP contribution in [0, 0.1) is 6.92 Å². The Hall–Kier alpha value is -2.10. The number of sulfonamides is 2. The van der Waals surface area contributed by atoms with Crippen molar-refractivity contribution >= 4 is 43.2 Å². The quantitative estimate of drug-likeness (QED) is 0.717. The predicted octanol–water partition coefficient (Wildman–Crippen LogP) is 3.70. The highest BCUT2D eigenvalue weighted by Crippen LogP contribution is 2.25. The maximum Gasteiger partial charge on any atom is 0.262 e. The van der Waals surface area contributed by atoms with Crippen molar-refractivity contribution in [3.63, 3.8) is 0 Å². The van der Waals surface area contributed by atoms with Gasteiger partial charge in [-0.1, -0.05) is 24.1 Å². The zero-order valence-electron chi connectivity index (χ0n) is 15.9. The van der Waals surface area contributed by atoms with Crippen LogP contribution in [-0.2, 0) is 20.0 Å². The van der Waals surface area contributed by atoms with Gasteiger partial charge in [-0.3, -0.25) is 14.4 Å². The van der Waals surface area contributed by atoms with Crippen molar-refractivity contribution in [2.45, 2.75) is 42.4 Å². The van der Waals surface area contributed by atoms with Crippen LogP contribution < -0.4 is 9.44 Å². The van der Waals surface area contributed by atoms with Crippen LogP contribution in [0.4, 0.5) is 5.69 Å². The molecule has 0 aromatic heterocycles. The second-order valence-electron chi connectivity index (χ2n) is 6.74. The Labute approximate surface area is 176 Å². The molecule has 0 spiro atoms. The van der Waals surface area contributed by atoms with Crippen molar-refractivity contribution in [1.82, 2.24) is 4.72 Å². The van der Waals surface area contributed by atoms with Crippen LogP contribution in [-0.4, -0.2) is 29.2 Å². The zero-order chi connectivity index (χ0) is 21.1. The summed E-state index contributed by atoms with van der Waals surface area (Å²) in [6, 6.07) is 10.1. The Bertz CT molecular complexity index is 1130. The van der Waals surface area contributed by atoms with E-state index in [-0.39, 0.29) is 15.5 Å². The number of benzene rings is 2. The molecule has 0 fully saturated rings. The molecular weight excluding hydrogens is 434 g/mol. The average molecular weight is 456 g/mol. The summed E-state index contributed by atoms with van der Waals surface area (Å²) in [4.78, 5) is 4.37. The van der Waals surface area contributed by atoms with Crippen LogP contribution in [0.5, 0.6) is 0 Å². The molecule has 0 unspecified atom stereocenters. The van der Waals surface area contributed by atoms with Gasteiger partial charge in [0, 0.05) is 23.7 Å². The number of amidine groups is 1. The molecule has 1 aliphatic heterocycles. The van der Waals surface area contributed by atoms with Gasteiger partial charge in [0.1, 0.15) is 5.84 Å². The first-order valence-corrected chi connectivity index (χ1v) is 12.5. The lowest BCUT2D eigenvalue weighted by molar-refractivity contribution is 0.591. The molecule has 10 heteroatoms. The number of halogens is 1. The van der Waals surface area contributed by atoms with E-state index in [9.17, 15) is 16.8 Å². The molecule has 7 nitrogen and oxygen atoms in total. The Morgan fingerprint density at radius 2 is 1.62 bits per heavy atom. The number of rotatable bonds is 5. The summed E-state index contributed by atoms with van der Waals surface area (Å²) in [7, 11) is -7.64. The first kappa shape index (κ1) is 21.6. The van der Waals surface area contributed by atoms with Crippen molar-refractivity contribution < 1.29 is 16.8 Å². The maximum atomic E-state index is 12.6. The fourth-order valence-electron chi connectivity index (χ4n) is 2.96. The van der Waals surface area contributed by atoms with E-state index < -0.39 is 20.0 Å². The van der Waals surface area contributed by atoms with Crippen molar-refractivity contribution in [2.75, 3.05) is 11.3 Å². The first-order chi connectivity index (χ1) is 13.7. The van der Waals surface area contributed by atoms with Gasteiger partial charge in [0.25, 0.3) is 20.0 Å². The van der Waals surface area contributed by atoms with E-state index in [0.29, 0.717) is 29.4 Å². The van der Waals surface area contributed by atoms with Crippen LogP contribution in [0.3, 0.4) is 0 Å². The highest BCUT2D eigenvalue weighted by molar-refractivity contribution is 7.92. The molecule has 3 rings (SSSR count). The number of hydrogen-bond acceptors (Lipinski definition) is 5. The number of nitrogens with zero attached hydrogens (tertiary/aromatic N) is 1. The van der Waals surface area contributed by atoms with Crippen molar-refractivity contribution in [3.8, 4) is 0 Å². The Morgan fingerprint density at radius 3 is 2.34 bits per heavy atom. The van der Waals surface area contributed by atoms with Gasteiger partial charge >= 0.3 is 0 Å². The van der Waals surface area contributed by atoms with Gasteiger partial charge in [0.05, 0.1) is 9.79 Å². The van der Waals surface area contributed by atoms with Crippen LogP contribution in [0.1, 0.15) is 31.2 Å². The molecule has 0 saturated heterocycles. The Morgan fingerprint density at radius 1 is 0.897 bits per heavy atom.